The number of nitrogens with zero attached hydrogens (tertiary/aromatic N) is 2. The van der Waals surface area contributed by atoms with Crippen molar-refractivity contribution in [2.75, 3.05) is 23.9 Å². The first-order chi connectivity index (χ1) is 11.5. The van der Waals surface area contributed by atoms with Crippen LogP contribution < -0.4 is 15.0 Å². The lowest BCUT2D eigenvalue weighted by atomic mass is 10.2. The Bertz CT molecular complexity index is 909. The van der Waals surface area contributed by atoms with Crippen LogP contribution in [-0.2, 0) is 14.8 Å². The van der Waals surface area contributed by atoms with Gasteiger partial charge in [-0.3, -0.25) is 4.79 Å². The van der Waals surface area contributed by atoms with Crippen LogP contribution in [0, 0.1) is 0 Å². The van der Waals surface area contributed by atoms with E-state index in [1.807, 2.05) is 0 Å². The number of para-hydroxylation sites is 3. The molecular weight excluding hydrogens is 330 g/mol. The largest absolute Gasteiger partial charge is 0.495 e. The zero-order valence-corrected chi connectivity index (χ0v) is 13.7. The van der Waals surface area contributed by atoms with Gasteiger partial charge in [0.25, 0.3) is 10.0 Å². The van der Waals surface area contributed by atoms with Crippen molar-refractivity contribution in [1.29, 1.82) is 0 Å². The average Bonchev–Trinajstić information content (AvgIpc) is 2.58. The van der Waals surface area contributed by atoms with E-state index in [9.17, 15) is 13.2 Å². The molecule has 7 nitrogen and oxygen atoms in total. The van der Waals surface area contributed by atoms with Gasteiger partial charge in [0, 0.05) is 0 Å². The number of amides is 1. The summed E-state index contributed by atoms with van der Waals surface area (Å²) < 4.78 is 32.6. The van der Waals surface area contributed by atoms with E-state index in [-0.39, 0.29) is 17.3 Å². The number of hydrogen-bond donors (Lipinski definition) is 1. The highest BCUT2D eigenvalue weighted by atomic mass is 32.2. The standard InChI is InChI=1S/C16H15N3O4S/c1-23-14-8-4-2-6-12(14)18-16(20)10-19-11-17-24(21,22)15-9-5-3-7-13(15)19/h2-9,11H,10H2,1H3,(H,18,20). The van der Waals surface area contributed by atoms with Gasteiger partial charge in [-0.25, -0.2) is 0 Å². The number of rotatable bonds is 4. The number of methoxy groups -OCH3 is 1. The number of nitrogens with one attached hydrogen (secondary N) is 1. The van der Waals surface area contributed by atoms with Gasteiger partial charge in [-0.15, -0.1) is 4.40 Å². The van der Waals surface area contributed by atoms with E-state index < -0.39 is 10.0 Å². The highest BCUT2D eigenvalue weighted by Crippen LogP contribution is 2.29. The molecule has 0 spiro atoms. The molecule has 0 saturated carbocycles. The highest BCUT2D eigenvalue weighted by Gasteiger charge is 2.26. The van der Waals surface area contributed by atoms with Crippen molar-refractivity contribution in [3.05, 3.63) is 48.5 Å². The van der Waals surface area contributed by atoms with Gasteiger partial charge in [0.05, 0.1) is 18.5 Å². The van der Waals surface area contributed by atoms with Crippen LogP contribution >= 0.6 is 0 Å². The number of carbonyl (C=O) groups excluding carboxylic acids is 1. The monoisotopic (exact) mass is 345 g/mol. The molecule has 0 fully saturated rings. The summed E-state index contributed by atoms with van der Waals surface area (Å²) in [6, 6.07) is 13.5. The van der Waals surface area contributed by atoms with Crippen molar-refractivity contribution in [3.8, 4) is 5.75 Å². The summed E-state index contributed by atoms with van der Waals surface area (Å²) in [6.45, 7) is -0.0753. The van der Waals surface area contributed by atoms with Gasteiger partial charge in [0.15, 0.2) is 0 Å². The van der Waals surface area contributed by atoms with E-state index in [0.29, 0.717) is 17.1 Å². The molecule has 24 heavy (non-hydrogen) atoms. The van der Waals surface area contributed by atoms with Crippen LogP contribution in [0.2, 0.25) is 0 Å². The third-order valence-electron chi connectivity index (χ3n) is 3.47. The van der Waals surface area contributed by atoms with E-state index in [2.05, 4.69) is 9.71 Å². The Morgan fingerprint density at radius 1 is 1.17 bits per heavy atom. The lowest BCUT2D eigenvalue weighted by molar-refractivity contribution is -0.114. The van der Waals surface area contributed by atoms with Gasteiger partial charge in [-0.05, 0) is 24.3 Å². The summed E-state index contributed by atoms with van der Waals surface area (Å²) in [5.74, 6) is 0.223. The zero-order chi connectivity index (χ0) is 17.2. The number of anilines is 2. The number of benzene rings is 2. The maximum atomic E-state index is 12.3. The first-order valence-electron chi connectivity index (χ1n) is 7.10. The molecule has 1 heterocycles. The fourth-order valence-electron chi connectivity index (χ4n) is 2.37. The first kappa shape index (κ1) is 16.0. The minimum absolute atomic E-state index is 0.0753. The molecule has 0 bridgehead atoms. The second-order valence-corrected chi connectivity index (χ2v) is 6.64. The van der Waals surface area contributed by atoms with E-state index in [4.69, 9.17) is 4.74 Å². The Balaban J connectivity index is 1.81. The fourth-order valence-corrected chi connectivity index (χ4v) is 3.42. The number of fused-ring (bicyclic) bond motifs is 1. The van der Waals surface area contributed by atoms with Crippen LogP contribution in [0.4, 0.5) is 11.4 Å². The van der Waals surface area contributed by atoms with Crippen LogP contribution in [0.5, 0.6) is 5.75 Å². The lowest BCUT2D eigenvalue weighted by Crippen LogP contribution is -2.35. The van der Waals surface area contributed by atoms with Crippen LogP contribution in [0.15, 0.2) is 57.8 Å². The van der Waals surface area contributed by atoms with Gasteiger partial charge < -0.3 is 15.0 Å². The maximum Gasteiger partial charge on any atom is 0.285 e. The smallest absolute Gasteiger partial charge is 0.285 e. The number of hydrogen-bond acceptors (Lipinski definition) is 5. The summed E-state index contributed by atoms with van der Waals surface area (Å²) >= 11 is 0. The molecule has 1 N–H and O–H groups in total. The highest BCUT2D eigenvalue weighted by molar-refractivity contribution is 7.90. The van der Waals surface area contributed by atoms with Crippen molar-refractivity contribution >= 4 is 33.6 Å². The molecule has 2 aromatic carbocycles. The molecular formula is C16H15N3O4S. The van der Waals surface area contributed by atoms with Gasteiger partial charge in [0.1, 0.15) is 23.5 Å². The summed E-state index contributed by atoms with van der Waals surface area (Å²) in [5, 5.41) is 2.74. The Hall–Kier alpha value is -2.87. The SMILES string of the molecule is COc1ccccc1NC(=O)CN1C=NS(=O)(=O)c2ccccc21. The first-order valence-corrected chi connectivity index (χ1v) is 8.54. The summed E-state index contributed by atoms with van der Waals surface area (Å²) in [5.41, 5.74) is 0.961. The minimum Gasteiger partial charge on any atom is -0.495 e. The number of carbonyl (C=O) groups is 1. The molecule has 0 aromatic heterocycles. The molecule has 3 rings (SSSR count). The van der Waals surface area contributed by atoms with Crippen LogP contribution in [0.1, 0.15) is 0 Å². The third kappa shape index (κ3) is 3.09. The second-order valence-electron chi connectivity index (χ2n) is 5.04. The van der Waals surface area contributed by atoms with Crippen molar-refractivity contribution in [3.63, 3.8) is 0 Å². The Morgan fingerprint density at radius 3 is 2.67 bits per heavy atom. The molecule has 1 amide bonds. The lowest BCUT2D eigenvalue weighted by Gasteiger charge is -2.24. The van der Waals surface area contributed by atoms with Gasteiger partial charge in [0.2, 0.25) is 5.91 Å². The molecule has 1 aliphatic rings. The zero-order valence-electron chi connectivity index (χ0n) is 12.8. The van der Waals surface area contributed by atoms with Crippen molar-refractivity contribution < 1.29 is 17.9 Å². The van der Waals surface area contributed by atoms with E-state index in [1.54, 1.807) is 42.5 Å². The van der Waals surface area contributed by atoms with E-state index in [1.165, 1.54) is 18.1 Å². The van der Waals surface area contributed by atoms with Crippen LogP contribution in [0.25, 0.3) is 0 Å². The molecule has 124 valence electrons. The minimum atomic E-state index is -3.70. The predicted molar refractivity (Wildman–Crippen MR) is 91.1 cm³/mol. The van der Waals surface area contributed by atoms with Gasteiger partial charge >= 0.3 is 0 Å². The van der Waals surface area contributed by atoms with E-state index >= 15 is 0 Å². The van der Waals surface area contributed by atoms with Crippen molar-refractivity contribution in [2.45, 2.75) is 4.90 Å². The van der Waals surface area contributed by atoms with Gasteiger partial charge in [-0.2, -0.15) is 8.42 Å². The number of ether oxygens (including phenoxy) is 1. The molecule has 8 heteroatoms. The van der Waals surface area contributed by atoms with Gasteiger partial charge in [-0.1, -0.05) is 24.3 Å². The second kappa shape index (κ2) is 6.32. The Kier molecular flexibility index (Phi) is 4.22. The summed E-state index contributed by atoms with van der Waals surface area (Å²) in [7, 11) is -2.19. The summed E-state index contributed by atoms with van der Waals surface area (Å²) in [4.78, 5) is 13.9. The maximum absolute atomic E-state index is 12.3. The van der Waals surface area contributed by atoms with Crippen LogP contribution in [-0.4, -0.2) is 34.3 Å². The average molecular weight is 345 g/mol. The Morgan fingerprint density at radius 2 is 1.88 bits per heavy atom. The van der Waals surface area contributed by atoms with Crippen LogP contribution in [0.3, 0.4) is 0 Å². The molecule has 0 unspecified atom stereocenters. The molecule has 0 radical (unpaired) electrons. The summed E-state index contributed by atoms with van der Waals surface area (Å²) in [6.07, 6.45) is 1.15. The normalized spacial score (nSPS) is 14.8. The van der Waals surface area contributed by atoms with Crippen molar-refractivity contribution in [2.24, 2.45) is 4.40 Å². The third-order valence-corrected chi connectivity index (χ3v) is 4.75. The van der Waals surface area contributed by atoms with Crippen molar-refractivity contribution in [1.82, 2.24) is 0 Å². The number of sulfonamides is 1. The molecule has 2 aromatic rings. The molecule has 0 atom stereocenters. The predicted octanol–water partition coefficient (Wildman–Crippen LogP) is 1.87. The molecule has 0 aliphatic carbocycles. The quantitative estimate of drug-likeness (QED) is 0.914. The Labute approximate surface area is 139 Å². The molecule has 0 saturated heterocycles. The molecule has 1 aliphatic heterocycles. The fraction of sp³-hybridized carbons (Fsp3) is 0.125. The van der Waals surface area contributed by atoms with E-state index in [0.717, 1.165) is 6.34 Å². The topological polar surface area (TPSA) is 88.1 Å².